The maximum absolute atomic E-state index is 11.8. The van der Waals surface area contributed by atoms with Gasteiger partial charge in [-0.2, -0.15) is 0 Å². The van der Waals surface area contributed by atoms with E-state index >= 15 is 0 Å². The minimum Gasteiger partial charge on any atom is -0.392 e. The highest BCUT2D eigenvalue weighted by atomic mass is 16.3. The number of imidazole rings is 1. The fraction of sp³-hybridized carbons (Fsp3) is 0.400. The lowest BCUT2D eigenvalue weighted by molar-refractivity contribution is -0.118. The molecule has 6 nitrogen and oxygen atoms in total. The molecule has 1 atom stereocenters. The Morgan fingerprint density at radius 3 is 2.67 bits per heavy atom. The van der Waals surface area contributed by atoms with Gasteiger partial charge in [0, 0.05) is 12.4 Å². The van der Waals surface area contributed by atoms with E-state index in [4.69, 9.17) is 0 Å². The molecule has 0 radical (unpaired) electrons. The number of aliphatic hydroxyl groups is 1. The SMILES string of the molecule is Cc1nccn1-c1ccc(NC(=O)CC(O)C(C)C)cn1. The molecule has 0 saturated heterocycles. The number of hydrogen-bond donors (Lipinski definition) is 2. The first-order valence-electron chi connectivity index (χ1n) is 6.91. The summed E-state index contributed by atoms with van der Waals surface area (Å²) in [5.74, 6) is 1.43. The topological polar surface area (TPSA) is 80.0 Å². The zero-order valence-electron chi connectivity index (χ0n) is 12.4. The zero-order valence-corrected chi connectivity index (χ0v) is 12.4. The molecule has 2 aromatic heterocycles. The minimum absolute atomic E-state index is 0.0560. The molecule has 2 rings (SSSR count). The standard InChI is InChI=1S/C15H20N4O2/c1-10(2)13(20)8-15(21)18-12-4-5-14(17-9-12)19-7-6-16-11(19)3/h4-7,9-10,13,20H,8H2,1-3H3,(H,18,21). The van der Waals surface area contributed by atoms with Gasteiger partial charge >= 0.3 is 0 Å². The van der Waals surface area contributed by atoms with Crippen LogP contribution in [0.4, 0.5) is 5.69 Å². The lowest BCUT2D eigenvalue weighted by Gasteiger charge is -2.14. The van der Waals surface area contributed by atoms with Crippen LogP contribution in [0, 0.1) is 12.8 Å². The molecule has 0 fully saturated rings. The van der Waals surface area contributed by atoms with E-state index in [0.717, 1.165) is 11.6 Å². The first-order chi connectivity index (χ1) is 9.97. The zero-order chi connectivity index (χ0) is 15.4. The Balaban J connectivity index is 2.00. The lowest BCUT2D eigenvalue weighted by atomic mass is 10.0. The molecule has 0 aromatic carbocycles. The molecular formula is C15H20N4O2. The molecule has 21 heavy (non-hydrogen) atoms. The molecule has 0 spiro atoms. The summed E-state index contributed by atoms with van der Waals surface area (Å²) in [7, 11) is 0. The summed E-state index contributed by atoms with van der Waals surface area (Å²) >= 11 is 0. The summed E-state index contributed by atoms with van der Waals surface area (Å²) < 4.78 is 1.86. The molecular weight excluding hydrogens is 268 g/mol. The van der Waals surface area contributed by atoms with Crippen LogP contribution in [0.1, 0.15) is 26.1 Å². The van der Waals surface area contributed by atoms with Crippen molar-refractivity contribution in [3.05, 3.63) is 36.5 Å². The van der Waals surface area contributed by atoms with Crippen molar-refractivity contribution in [3.8, 4) is 5.82 Å². The van der Waals surface area contributed by atoms with E-state index in [2.05, 4.69) is 15.3 Å². The van der Waals surface area contributed by atoms with E-state index in [-0.39, 0.29) is 18.2 Å². The van der Waals surface area contributed by atoms with Crippen LogP contribution >= 0.6 is 0 Å². The van der Waals surface area contributed by atoms with Crippen LogP contribution in [0.15, 0.2) is 30.7 Å². The number of carbonyl (C=O) groups excluding carboxylic acids is 1. The number of anilines is 1. The summed E-state index contributed by atoms with van der Waals surface area (Å²) in [4.78, 5) is 20.2. The number of hydrogen-bond acceptors (Lipinski definition) is 4. The second-order valence-corrected chi connectivity index (χ2v) is 5.31. The second-order valence-electron chi connectivity index (χ2n) is 5.31. The predicted octanol–water partition coefficient (Wildman–Crippen LogP) is 1.92. The lowest BCUT2D eigenvalue weighted by Crippen LogP contribution is -2.23. The van der Waals surface area contributed by atoms with Gasteiger partial charge in [0.05, 0.1) is 24.4 Å². The van der Waals surface area contributed by atoms with Gasteiger partial charge in [0.15, 0.2) is 0 Å². The number of nitrogens with zero attached hydrogens (tertiary/aromatic N) is 3. The smallest absolute Gasteiger partial charge is 0.227 e. The van der Waals surface area contributed by atoms with Gasteiger partial charge in [-0.3, -0.25) is 9.36 Å². The summed E-state index contributed by atoms with van der Waals surface area (Å²) in [5, 5.41) is 12.4. The van der Waals surface area contributed by atoms with Crippen LogP contribution in [-0.4, -0.2) is 31.7 Å². The van der Waals surface area contributed by atoms with Gasteiger partial charge in [0.1, 0.15) is 11.6 Å². The molecule has 0 aliphatic rings. The highest BCUT2D eigenvalue weighted by Gasteiger charge is 2.14. The fourth-order valence-corrected chi connectivity index (χ4v) is 1.86. The molecule has 0 aliphatic heterocycles. The van der Waals surface area contributed by atoms with Gasteiger partial charge in [-0.25, -0.2) is 9.97 Å². The maximum Gasteiger partial charge on any atom is 0.227 e. The average Bonchev–Trinajstić information content (AvgIpc) is 2.85. The first kappa shape index (κ1) is 15.2. The highest BCUT2D eigenvalue weighted by Crippen LogP contribution is 2.13. The van der Waals surface area contributed by atoms with Gasteiger partial charge in [0.25, 0.3) is 0 Å². The van der Waals surface area contributed by atoms with E-state index < -0.39 is 6.10 Å². The van der Waals surface area contributed by atoms with Crippen molar-refractivity contribution in [1.82, 2.24) is 14.5 Å². The molecule has 1 amide bonds. The van der Waals surface area contributed by atoms with Crippen molar-refractivity contribution in [2.24, 2.45) is 5.92 Å². The van der Waals surface area contributed by atoms with Crippen LogP contribution in [0.5, 0.6) is 0 Å². The third-order valence-electron chi connectivity index (χ3n) is 3.27. The van der Waals surface area contributed by atoms with Crippen molar-refractivity contribution < 1.29 is 9.90 Å². The summed E-state index contributed by atoms with van der Waals surface area (Å²) in [6.07, 6.45) is 4.58. The van der Waals surface area contributed by atoms with Gasteiger partial charge in [-0.05, 0) is 25.0 Å². The fourth-order valence-electron chi connectivity index (χ4n) is 1.86. The molecule has 112 valence electrons. The number of aryl methyl sites for hydroxylation is 1. The Hall–Kier alpha value is -2.21. The van der Waals surface area contributed by atoms with Gasteiger partial charge in [-0.1, -0.05) is 13.8 Å². The Labute approximate surface area is 123 Å². The molecule has 2 aromatic rings. The molecule has 0 aliphatic carbocycles. The predicted molar refractivity (Wildman–Crippen MR) is 80.2 cm³/mol. The molecule has 0 bridgehead atoms. The van der Waals surface area contributed by atoms with E-state index in [0.29, 0.717) is 5.69 Å². The van der Waals surface area contributed by atoms with Crippen molar-refractivity contribution in [1.29, 1.82) is 0 Å². The van der Waals surface area contributed by atoms with Crippen LogP contribution in [-0.2, 0) is 4.79 Å². The number of aromatic nitrogens is 3. The normalized spacial score (nSPS) is 12.4. The van der Waals surface area contributed by atoms with E-state index in [9.17, 15) is 9.90 Å². The van der Waals surface area contributed by atoms with E-state index in [1.165, 1.54) is 0 Å². The molecule has 0 saturated carbocycles. The van der Waals surface area contributed by atoms with E-state index in [1.807, 2.05) is 37.6 Å². The summed E-state index contributed by atoms with van der Waals surface area (Å²) in [6, 6.07) is 3.59. The van der Waals surface area contributed by atoms with Crippen LogP contribution < -0.4 is 5.32 Å². The Bertz CT molecular complexity index is 604. The van der Waals surface area contributed by atoms with Gasteiger partial charge in [0.2, 0.25) is 5.91 Å². The number of amides is 1. The van der Waals surface area contributed by atoms with Crippen molar-refractivity contribution >= 4 is 11.6 Å². The quantitative estimate of drug-likeness (QED) is 0.881. The van der Waals surface area contributed by atoms with Crippen LogP contribution in [0.3, 0.4) is 0 Å². The van der Waals surface area contributed by atoms with Gasteiger partial charge < -0.3 is 10.4 Å². The third kappa shape index (κ3) is 3.88. The Kier molecular flexibility index (Phi) is 4.70. The molecule has 2 heterocycles. The largest absolute Gasteiger partial charge is 0.392 e. The van der Waals surface area contributed by atoms with Crippen LogP contribution in [0.2, 0.25) is 0 Å². The van der Waals surface area contributed by atoms with Crippen molar-refractivity contribution in [2.75, 3.05) is 5.32 Å². The maximum atomic E-state index is 11.8. The second kappa shape index (κ2) is 6.49. The van der Waals surface area contributed by atoms with Gasteiger partial charge in [-0.15, -0.1) is 0 Å². The van der Waals surface area contributed by atoms with E-state index in [1.54, 1.807) is 18.5 Å². The monoisotopic (exact) mass is 288 g/mol. The van der Waals surface area contributed by atoms with Crippen LogP contribution in [0.25, 0.3) is 5.82 Å². The van der Waals surface area contributed by atoms with Crippen molar-refractivity contribution in [2.45, 2.75) is 33.3 Å². The number of aliphatic hydroxyl groups excluding tert-OH is 1. The van der Waals surface area contributed by atoms with Crippen molar-refractivity contribution in [3.63, 3.8) is 0 Å². The molecule has 1 unspecified atom stereocenters. The first-order valence-corrected chi connectivity index (χ1v) is 6.91. The Morgan fingerprint density at radius 2 is 2.14 bits per heavy atom. The summed E-state index contributed by atoms with van der Waals surface area (Å²) in [6.45, 7) is 5.65. The number of carbonyl (C=O) groups is 1. The number of nitrogens with one attached hydrogen (secondary N) is 1. The summed E-state index contributed by atoms with van der Waals surface area (Å²) in [5.41, 5.74) is 0.609. The minimum atomic E-state index is -0.633. The number of pyridine rings is 1. The molecule has 2 N–H and O–H groups in total. The third-order valence-corrected chi connectivity index (χ3v) is 3.27. The number of rotatable bonds is 5. The Morgan fingerprint density at radius 1 is 1.38 bits per heavy atom. The highest BCUT2D eigenvalue weighted by molar-refractivity contribution is 5.90. The average molecular weight is 288 g/mol. The molecule has 6 heteroatoms.